The molecule has 0 unspecified atom stereocenters. The van der Waals surface area contributed by atoms with Crippen molar-refractivity contribution in [3.63, 3.8) is 0 Å². The van der Waals surface area contributed by atoms with E-state index in [2.05, 4.69) is 9.97 Å². The van der Waals surface area contributed by atoms with E-state index in [-0.39, 0.29) is 21.7 Å². The van der Waals surface area contributed by atoms with Crippen LogP contribution < -0.4 is 0 Å². The Morgan fingerprint density at radius 2 is 1.88 bits per heavy atom. The highest BCUT2D eigenvalue weighted by Gasteiger charge is 2.26. The Kier molecular flexibility index (Phi) is 4.79. The Hall–Kier alpha value is -2.37. The number of nitrogens with one attached hydrogen (secondary N) is 1. The van der Waals surface area contributed by atoms with E-state index in [9.17, 15) is 9.59 Å². The van der Waals surface area contributed by atoms with E-state index in [1.165, 1.54) is 19.1 Å². The van der Waals surface area contributed by atoms with Gasteiger partial charge in [0.2, 0.25) is 5.78 Å². The molecule has 0 spiro atoms. The van der Waals surface area contributed by atoms with Gasteiger partial charge in [-0.3, -0.25) is 4.79 Å². The lowest BCUT2D eigenvalue weighted by atomic mass is 10.0. The van der Waals surface area contributed by atoms with E-state index < -0.39 is 12.1 Å². The fourth-order valence-corrected chi connectivity index (χ4v) is 2.96. The molecule has 0 saturated heterocycles. The molecule has 0 radical (unpaired) electrons. The molecule has 0 fully saturated rings. The zero-order valence-corrected chi connectivity index (χ0v) is 15.0. The van der Waals surface area contributed by atoms with E-state index in [1.54, 1.807) is 6.92 Å². The number of ketones is 1. The van der Waals surface area contributed by atoms with Crippen molar-refractivity contribution in [2.75, 3.05) is 0 Å². The molecule has 2 heterocycles. The Morgan fingerprint density at radius 3 is 2.64 bits per heavy atom. The second-order valence-corrected chi connectivity index (χ2v) is 6.34. The summed E-state index contributed by atoms with van der Waals surface area (Å²) in [5.74, 6) is -1.10. The van der Waals surface area contributed by atoms with E-state index in [0.717, 1.165) is 10.9 Å². The summed E-state index contributed by atoms with van der Waals surface area (Å²) in [6, 6.07) is 10.4. The summed E-state index contributed by atoms with van der Waals surface area (Å²) in [6.45, 7) is 3.32. The predicted octanol–water partition coefficient (Wildman–Crippen LogP) is 4.61. The van der Waals surface area contributed by atoms with Gasteiger partial charge in [-0.05, 0) is 32.0 Å². The maximum atomic E-state index is 12.8. The number of aromatic nitrogens is 2. The summed E-state index contributed by atoms with van der Waals surface area (Å²) in [6.07, 6.45) is -0.998. The van der Waals surface area contributed by atoms with Crippen LogP contribution >= 0.6 is 23.2 Å². The summed E-state index contributed by atoms with van der Waals surface area (Å²) < 4.78 is 5.25. The number of Topliss-reactive ketones (excluding diaryl/α,β-unsaturated/α-hetero) is 1. The third-order valence-corrected chi connectivity index (χ3v) is 4.31. The van der Waals surface area contributed by atoms with Gasteiger partial charge in [-0.25, -0.2) is 9.78 Å². The Morgan fingerprint density at radius 1 is 1.16 bits per heavy atom. The number of aryl methyl sites for hydroxylation is 1. The Balaban J connectivity index is 1.86. The first-order valence-electron chi connectivity index (χ1n) is 7.53. The summed E-state index contributed by atoms with van der Waals surface area (Å²) in [4.78, 5) is 32.1. The average molecular weight is 377 g/mol. The van der Waals surface area contributed by atoms with E-state index in [0.29, 0.717) is 11.3 Å². The molecule has 0 aliphatic heterocycles. The third kappa shape index (κ3) is 3.38. The number of halogens is 2. The van der Waals surface area contributed by atoms with Gasteiger partial charge in [0.25, 0.3) is 0 Å². The number of nitrogens with zero attached hydrogens (tertiary/aromatic N) is 1. The topological polar surface area (TPSA) is 72.1 Å². The molecule has 7 heteroatoms. The fourth-order valence-electron chi connectivity index (χ4n) is 2.63. The van der Waals surface area contributed by atoms with Crippen LogP contribution in [0.15, 0.2) is 36.4 Å². The Bertz CT molecular complexity index is 982. The maximum absolute atomic E-state index is 12.8. The van der Waals surface area contributed by atoms with Crippen molar-refractivity contribution in [2.45, 2.75) is 20.0 Å². The first-order valence-corrected chi connectivity index (χ1v) is 8.28. The number of para-hydroxylation sites is 1. The number of carbonyl (C=O) groups excluding carboxylic acids is 2. The van der Waals surface area contributed by atoms with Crippen LogP contribution in [0.2, 0.25) is 10.2 Å². The van der Waals surface area contributed by atoms with Crippen LogP contribution in [0.3, 0.4) is 0 Å². The number of pyridine rings is 1. The van der Waals surface area contributed by atoms with Crippen LogP contribution in [0.25, 0.3) is 10.9 Å². The van der Waals surface area contributed by atoms with Crippen LogP contribution in [0, 0.1) is 6.92 Å². The van der Waals surface area contributed by atoms with Crippen LogP contribution in [0.1, 0.15) is 33.5 Å². The smallest absolute Gasteiger partial charge is 0.359 e. The first kappa shape index (κ1) is 17.5. The van der Waals surface area contributed by atoms with Gasteiger partial charge < -0.3 is 9.72 Å². The quantitative estimate of drug-likeness (QED) is 0.410. The van der Waals surface area contributed by atoms with Crippen molar-refractivity contribution < 1.29 is 14.3 Å². The summed E-state index contributed by atoms with van der Waals surface area (Å²) in [7, 11) is 0. The first-order chi connectivity index (χ1) is 11.9. The number of hydrogen-bond acceptors (Lipinski definition) is 4. The zero-order chi connectivity index (χ0) is 18.1. The second kappa shape index (κ2) is 6.86. The zero-order valence-electron chi connectivity index (χ0n) is 13.5. The van der Waals surface area contributed by atoms with Crippen LogP contribution in [-0.2, 0) is 4.74 Å². The van der Waals surface area contributed by atoms with Gasteiger partial charge in [0.05, 0.1) is 5.02 Å². The standard InChI is InChI=1S/C18H14Cl2N2O3/c1-9-15(11-5-3-4-6-13(11)21-9)17(23)10(2)25-18(24)16-12(19)7-8-14(20)22-16/h3-8,10,21H,1-2H3/t10-/m0/s1. The molecule has 1 aromatic carbocycles. The molecule has 0 aliphatic rings. The number of benzene rings is 1. The monoisotopic (exact) mass is 376 g/mol. The van der Waals surface area contributed by atoms with Gasteiger partial charge in [0, 0.05) is 22.2 Å². The molecule has 3 aromatic rings. The number of fused-ring (bicyclic) bond motifs is 1. The molecule has 3 rings (SSSR count). The van der Waals surface area contributed by atoms with Crippen LogP contribution in [0.5, 0.6) is 0 Å². The van der Waals surface area contributed by atoms with Crippen molar-refractivity contribution in [1.29, 1.82) is 0 Å². The largest absolute Gasteiger partial charge is 0.449 e. The molecule has 0 saturated carbocycles. The number of aromatic amines is 1. The number of H-pyrrole nitrogens is 1. The van der Waals surface area contributed by atoms with Gasteiger partial charge in [-0.15, -0.1) is 0 Å². The van der Waals surface area contributed by atoms with Crippen LogP contribution in [-0.4, -0.2) is 27.8 Å². The van der Waals surface area contributed by atoms with Crippen molar-refractivity contribution in [3.05, 3.63) is 63.5 Å². The van der Waals surface area contributed by atoms with E-state index >= 15 is 0 Å². The highest BCUT2D eigenvalue weighted by atomic mass is 35.5. The fraction of sp³-hybridized carbons (Fsp3) is 0.167. The molecule has 0 aliphatic carbocycles. The minimum Gasteiger partial charge on any atom is -0.449 e. The summed E-state index contributed by atoms with van der Waals surface area (Å²) >= 11 is 11.7. The van der Waals surface area contributed by atoms with Crippen molar-refractivity contribution in [2.24, 2.45) is 0 Å². The highest BCUT2D eigenvalue weighted by molar-refractivity contribution is 6.34. The number of rotatable bonds is 4. The minimum atomic E-state index is -0.998. The number of carbonyl (C=O) groups is 2. The van der Waals surface area contributed by atoms with Gasteiger partial charge in [0.15, 0.2) is 11.8 Å². The molecule has 1 atom stereocenters. The van der Waals surface area contributed by atoms with Gasteiger partial charge in [0.1, 0.15) is 5.15 Å². The van der Waals surface area contributed by atoms with Crippen molar-refractivity contribution in [1.82, 2.24) is 9.97 Å². The molecule has 1 N–H and O–H groups in total. The van der Waals surface area contributed by atoms with Gasteiger partial charge >= 0.3 is 5.97 Å². The number of ether oxygens (including phenoxy) is 1. The van der Waals surface area contributed by atoms with Gasteiger partial charge in [-0.2, -0.15) is 0 Å². The van der Waals surface area contributed by atoms with Crippen LogP contribution in [0.4, 0.5) is 0 Å². The van der Waals surface area contributed by atoms with Gasteiger partial charge in [-0.1, -0.05) is 41.4 Å². The van der Waals surface area contributed by atoms with E-state index in [1.807, 2.05) is 24.3 Å². The molecular formula is C18H14Cl2N2O3. The third-order valence-electron chi connectivity index (χ3n) is 3.80. The highest BCUT2D eigenvalue weighted by Crippen LogP contribution is 2.24. The lowest BCUT2D eigenvalue weighted by molar-refractivity contribution is 0.0313. The molecular weight excluding hydrogens is 363 g/mol. The minimum absolute atomic E-state index is 0.109. The number of esters is 1. The average Bonchev–Trinajstić information content (AvgIpc) is 2.91. The molecule has 5 nitrogen and oxygen atoms in total. The summed E-state index contributed by atoms with van der Waals surface area (Å²) in [5, 5.41) is 1.01. The predicted molar refractivity (Wildman–Crippen MR) is 96.5 cm³/mol. The maximum Gasteiger partial charge on any atom is 0.359 e. The Labute approximate surface area is 153 Å². The summed E-state index contributed by atoms with van der Waals surface area (Å²) in [5.41, 5.74) is 1.94. The normalized spacial score (nSPS) is 12.2. The molecule has 0 amide bonds. The van der Waals surface area contributed by atoms with Crippen molar-refractivity contribution >= 4 is 45.9 Å². The lowest BCUT2D eigenvalue weighted by Gasteiger charge is -2.13. The van der Waals surface area contributed by atoms with Crippen molar-refractivity contribution in [3.8, 4) is 0 Å². The molecule has 128 valence electrons. The molecule has 2 aromatic heterocycles. The van der Waals surface area contributed by atoms with E-state index in [4.69, 9.17) is 27.9 Å². The SMILES string of the molecule is Cc1[nH]c2ccccc2c1C(=O)[C@H](C)OC(=O)c1nc(Cl)ccc1Cl. The number of hydrogen-bond donors (Lipinski definition) is 1. The lowest BCUT2D eigenvalue weighted by Crippen LogP contribution is -2.25. The molecule has 0 bridgehead atoms. The second-order valence-electron chi connectivity index (χ2n) is 5.55. The molecule has 25 heavy (non-hydrogen) atoms.